The van der Waals surface area contributed by atoms with Crippen LogP contribution in [-0.4, -0.2) is 39.2 Å². The minimum absolute atomic E-state index is 0.161. The molecule has 5 nitrogen and oxygen atoms in total. The van der Waals surface area contributed by atoms with Gasteiger partial charge < -0.3 is 9.47 Å². The van der Waals surface area contributed by atoms with Crippen molar-refractivity contribution >= 4 is 17.0 Å². The Kier molecular flexibility index (Phi) is 6.07. The average Bonchev–Trinajstić information content (AvgIpc) is 3.16. The van der Waals surface area contributed by atoms with Crippen molar-refractivity contribution in [2.75, 3.05) is 13.2 Å². The number of ether oxygens (including phenoxy) is 2. The molecule has 2 aliphatic rings. The molecule has 2 saturated heterocycles. The highest BCUT2D eigenvalue weighted by Crippen LogP contribution is 2.40. The fraction of sp³-hybridized carbons (Fsp3) is 0.500. The van der Waals surface area contributed by atoms with Crippen LogP contribution >= 0.6 is 0 Å². The Morgan fingerprint density at radius 2 is 1.76 bits per heavy atom. The first-order valence-corrected chi connectivity index (χ1v) is 12.3. The summed E-state index contributed by atoms with van der Waals surface area (Å²) in [5.74, 6) is -0.0691. The Labute approximate surface area is 201 Å². The molecule has 0 saturated carbocycles. The second-order valence-electron chi connectivity index (χ2n) is 10.9. The molecule has 0 spiro atoms. The Hall–Kier alpha value is -2.57. The van der Waals surface area contributed by atoms with Crippen LogP contribution in [0.4, 0.5) is 4.39 Å². The Bertz CT molecular complexity index is 1170. The third-order valence-electron chi connectivity index (χ3n) is 6.92. The highest BCUT2D eigenvalue weighted by Gasteiger charge is 2.38. The number of hydrogen-bond donors (Lipinski definition) is 0. The fourth-order valence-electron chi connectivity index (χ4n) is 5.85. The summed E-state index contributed by atoms with van der Waals surface area (Å²) in [5.41, 5.74) is 3.64. The monoisotopic (exact) mass is 463 g/mol. The van der Waals surface area contributed by atoms with Gasteiger partial charge in [-0.2, -0.15) is 9.49 Å². The van der Waals surface area contributed by atoms with E-state index in [1.807, 2.05) is 0 Å². The number of rotatable bonds is 4. The molecular weight excluding hydrogens is 429 g/mol. The van der Waals surface area contributed by atoms with Gasteiger partial charge in [-0.05, 0) is 89.1 Å². The number of hydrogen-bond acceptors (Lipinski definition) is 4. The second kappa shape index (κ2) is 8.90. The lowest BCUT2D eigenvalue weighted by Crippen LogP contribution is -2.44. The zero-order chi connectivity index (χ0) is 23.9. The normalized spacial score (nSPS) is 21.4. The highest BCUT2D eigenvalue weighted by molar-refractivity contribution is 6.00. The van der Waals surface area contributed by atoms with E-state index in [4.69, 9.17) is 14.6 Å². The topological polar surface area (TPSA) is 49.2 Å². The molecule has 0 amide bonds. The third kappa shape index (κ3) is 4.80. The van der Waals surface area contributed by atoms with Crippen LogP contribution in [0.5, 0.6) is 0 Å². The summed E-state index contributed by atoms with van der Waals surface area (Å²) >= 11 is 0. The van der Waals surface area contributed by atoms with Gasteiger partial charge in [0.1, 0.15) is 0 Å². The van der Waals surface area contributed by atoms with E-state index in [0.717, 1.165) is 66.6 Å². The Morgan fingerprint density at radius 3 is 2.44 bits per heavy atom. The number of halogens is 1. The van der Waals surface area contributed by atoms with E-state index in [-0.39, 0.29) is 11.2 Å². The molecule has 34 heavy (non-hydrogen) atoms. The van der Waals surface area contributed by atoms with Crippen LogP contribution in [0.2, 0.25) is 0 Å². The first-order valence-electron chi connectivity index (χ1n) is 12.3. The van der Waals surface area contributed by atoms with Crippen molar-refractivity contribution in [1.29, 1.82) is 0 Å². The molecule has 3 aromatic rings. The van der Waals surface area contributed by atoms with Gasteiger partial charge in [0.25, 0.3) is 0 Å². The molecule has 6 heteroatoms. The molecule has 0 aliphatic carbocycles. The summed E-state index contributed by atoms with van der Waals surface area (Å²) in [5, 5.41) is 6.21. The Balaban J connectivity index is 1.59. The molecular formula is C28H34FN3O2. The first-order chi connectivity index (χ1) is 16.2. The summed E-state index contributed by atoms with van der Waals surface area (Å²) in [6.45, 7) is 10.2. The van der Waals surface area contributed by atoms with Gasteiger partial charge in [-0.3, -0.25) is 4.68 Å². The van der Waals surface area contributed by atoms with Gasteiger partial charge in [-0.25, -0.2) is 4.98 Å². The minimum Gasteiger partial charge on any atom is -0.381 e. The first kappa shape index (κ1) is 23.2. The van der Waals surface area contributed by atoms with E-state index in [9.17, 15) is 4.39 Å². The lowest BCUT2D eigenvalue weighted by atomic mass is 9.80. The van der Waals surface area contributed by atoms with E-state index in [2.05, 4.69) is 67.7 Å². The molecule has 0 atom stereocenters. The molecule has 180 valence electrons. The number of pyridine rings is 1. The van der Waals surface area contributed by atoms with Crippen LogP contribution in [-0.2, 0) is 9.47 Å². The van der Waals surface area contributed by atoms with Crippen molar-refractivity contribution in [3.63, 3.8) is 0 Å². The lowest BCUT2D eigenvalue weighted by Gasteiger charge is -2.44. The molecule has 2 aromatic heterocycles. The molecule has 0 N–H and O–H groups in total. The maximum Gasteiger partial charge on any atom is 0.212 e. The van der Waals surface area contributed by atoms with Gasteiger partial charge in [-0.15, -0.1) is 0 Å². The van der Waals surface area contributed by atoms with E-state index >= 15 is 0 Å². The summed E-state index contributed by atoms with van der Waals surface area (Å²) in [6.07, 6.45) is 9.94. The van der Waals surface area contributed by atoms with Crippen LogP contribution in [0.25, 0.3) is 28.1 Å². The van der Waals surface area contributed by atoms with Crippen LogP contribution in [0.15, 0.2) is 42.6 Å². The van der Waals surface area contributed by atoms with Gasteiger partial charge in [0, 0.05) is 30.4 Å². The molecule has 2 fully saturated rings. The van der Waals surface area contributed by atoms with E-state index in [1.54, 1.807) is 12.3 Å². The lowest BCUT2D eigenvalue weighted by molar-refractivity contribution is -0.166. The second-order valence-corrected chi connectivity index (χ2v) is 10.9. The number of aromatic nitrogens is 3. The zero-order valence-corrected chi connectivity index (χ0v) is 20.6. The predicted octanol–water partition coefficient (Wildman–Crippen LogP) is 6.59. The molecule has 0 unspecified atom stereocenters. The van der Waals surface area contributed by atoms with Crippen LogP contribution in [0.3, 0.4) is 0 Å². The minimum atomic E-state index is -0.473. The zero-order valence-electron chi connectivity index (χ0n) is 20.6. The molecule has 4 heterocycles. The van der Waals surface area contributed by atoms with E-state index in [1.165, 1.54) is 6.07 Å². The smallest absolute Gasteiger partial charge is 0.212 e. The van der Waals surface area contributed by atoms with Crippen molar-refractivity contribution in [3.8, 4) is 11.1 Å². The summed E-state index contributed by atoms with van der Waals surface area (Å²) in [6, 6.07) is 9.77. The predicted molar refractivity (Wildman–Crippen MR) is 133 cm³/mol. The van der Waals surface area contributed by atoms with E-state index in [0.29, 0.717) is 12.0 Å². The molecule has 1 aromatic carbocycles. The standard InChI is InChI=1S/C28H34FN3O2/c1-27(2)16-19(17-28(3,4)34-27)8-10-23-26-22(20-9-11-25(29)30-18-20)6-5-7-24(26)32(31-23)21-12-14-33-15-13-21/h5-11,18-19,21H,12-17H2,1-4H3. The summed E-state index contributed by atoms with van der Waals surface area (Å²) in [4.78, 5) is 3.90. The van der Waals surface area contributed by atoms with Gasteiger partial charge >= 0.3 is 0 Å². The maximum atomic E-state index is 13.5. The van der Waals surface area contributed by atoms with Crippen molar-refractivity contribution in [3.05, 3.63) is 54.2 Å². The Morgan fingerprint density at radius 1 is 1.03 bits per heavy atom. The largest absolute Gasteiger partial charge is 0.381 e. The molecule has 0 radical (unpaired) electrons. The van der Waals surface area contributed by atoms with Crippen LogP contribution in [0, 0.1) is 11.9 Å². The van der Waals surface area contributed by atoms with Gasteiger partial charge in [0.05, 0.1) is 28.5 Å². The van der Waals surface area contributed by atoms with Gasteiger partial charge in [0.2, 0.25) is 5.95 Å². The average molecular weight is 464 g/mol. The van der Waals surface area contributed by atoms with Crippen molar-refractivity contribution < 1.29 is 13.9 Å². The molecule has 2 aliphatic heterocycles. The van der Waals surface area contributed by atoms with Crippen molar-refractivity contribution in [2.24, 2.45) is 5.92 Å². The summed E-state index contributed by atoms with van der Waals surface area (Å²) < 4.78 is 27.6. The van der Waals surface area contributed by atoms with Crippen LogP contribution < -0.4 is 0 Å². The quantitative estimate of drug-likeness (QED) is 0.410. The molecule has 5 rings (SSSR count). The SMILES string of the molecule is CC1(C)CC(C=Cc2nn(C3CCOCC3)c3cccc(-c4ccc(F)nc4)c23)CC(C)(C)O1. The number of allylic oxidation sites excluding steroid dienone is 1. The van der Waals surface area contributed by atoms with Crippen LogP contribution in [0.1, 0.15) is 65.1 Å². The van der Waals surface area contributed by atoms with Gasteiger partial charge in [0.15, 0.2) is 0 Å². The number of benzene rings is 1. The number of fused-ring (bicyclic) bond motifs is 1. The van der Waals surface area contributed by atoms with Crippen molar-refractivity contribution in [2.45, 2.75) is 70.6 Å². The van der Waals surface area contributed by atoms with Gasteiger partial charge in [-0.1, -0.05) is 18.2 Å². The highest BCUT2D eigenvalue weighted by atomic mass is 19.1. The molecule has 0 bridgehead atoms. The third-order valence-corrected chi connectivity index (χ3v) is 6.92. The number of nitrogens with zero attached hydrogens (tertiary/aromatic N) is 3. The van der Waals surface area contributed by atoms with E-state index < -0.39 is 5.95 Å². The fourth-order valence-corrected chi connectivity index (χ4v) is 5.85. The summed E-state index contributed by atoms with van der Waals surface area (Å²) in [7, 11) is 0. The maximum absolute atomic E-state index is 13.5. The van der Waals surface area contributed by atoms with Crippen molar-refractivity contribution in [1.82, 2.24) is 14.8 Å².